The van der Waals surface area contributed by atoms with E-state index in [0.717, 1.165) is 11.7 Å². The molecule has 2 N–H and O–H groups in total. The Balaban J connectivity index is 1.87. The van der Waals surface area contributed by atoms with Gasteiger partial charge in [-0.05, 0) is 18.8 Å². The standard InChI is InChI=1S/C7H11NO2S/c9-7(10)5-3-11-6(8-5)4-1-2-4/h4-6,8H,1-3H2,(H,9,10)/t5-,6?/m1/s1. The number of rotatable bonds is 2. The van der Waals surface area contributed by atoms with Gasteiger partial charge >= 0.3 is 5.97 Å². The van der Waals surface area contributed by atoms with E-state index < -0.39 is 5.97 Å². The molecule has 62 valence electrons. The average Bonchev–Trinajstić information content (AvgIpc) is 2.68. The molecule has 3 nitrogen and oxygen atoms in total. The summed E-state index contributed by atoms with van der Waals surface area (Å²) in [5.41, 5.74) is 0. The van der Waals surface area contributed by atoms with E-state index in [9.17, 15) is 4.79 Å². The van der Waals surface area contributed by atoms with E-state index in [1.54, 1.807) is 11.8 Å². The summed E-state index contributed by atoms with van der Waals surface area (Å²) in [5.74, 6) is 0.779. The molecule has 1 saturated heterocycles. The van der Waals surface area contributed by atoms with Crippen LogP contribution in [0.25, 0.3) is 0 Å². The second-order valence-electron chi connectivity index (χ2n) is 3.15. The van der Waals surface area contributed by atoms with Crippen LogP contribution in [0.3, 0.4) is 0 Å². The summed E-state index contributed by atoms with van der Waals surface area (Å²) >= 11 is 1.76. The molecule has 1 unspecified atom stereocenters. The van der Waals surface area contributed by atoms with Gasteiger partial charge in [0.05, 0.1) is 5.37 Å². The van der Waals surface area contributed by atoms with Crippen LogP contribution >= 0.6 is 11.8 Å². The minimum atomic E-state index is -0.708. The van der Waals surface area contributed by atoms with Crippen LogP contribution in [0.4, 0.5) is 0 Å². The number of carboxylic acids is 1. The van der Waals surface area contributed by atoms with Crippen molar-refractivity contribution >= 4 is 17.7 Å². The van der Waals surface area contributed by atoms with Crippen molar-refractivity contribution in [2.45, 2.75) is 24.3 Å². The minimum absolute atomic E-state index is 0.300. The molecule has 0 amide bonds. The highest BCUT2D eigenvalue weighted by Crippen LogP contribution is 2.40. The molecule has 0 aromatic heterocycles. The Morgan fingerprint density at radius 1 is 1.55 bits per heavy atom. The van der Waals surface area contributed by atoms with E-state index in [1.165, 1.54) is 12.8 Å². The largest absolute Gasteiger partial charge is 0.480 e. The molecule has 1 heterocycles. The highest BCUT2D eigenvalue weighted by Gasteiger charge is 2.38. The van der Waals surface area contributed by atoms with E-state index in [0.29, 0.717) is 5.37 Å². The highest BCUT2D eigenvalue weighted by molar-refractivity contribution is 8.00. The highest BCUT2D eigenvalue weighted by atomic mass is 32.2. The maximum atomic E-state index is 10.5. The number of hydrogen-bond acceptors (Lipinski definition) is 3. The van der Waals surface area contributed by atoms with Crippen LogP contribution in [0.5, 0.6) is 0 Å². The van der Waals surface area contributed by atoms with Crippen LogP contribution in [0.2, 0.25) is 0 Å². The Kier molecular flexibility index (Phi) is 1.81. The van der Waals surface area contributed by atoms with Gasteiger partial charge in [-0.3, -0.25) is 10.1 Å². The summed E-state index contributed by atoms with van der Waals surface area (Å²) in [6.45, 7) is 0. The lowest BCUT2D eigenvalue weighted by Gasteiger charge is -2.07. The molecule has 0 aromatic rings. The number of hydrogen-bond donors (Lipinski definition) is 2. The van der Waals surface area contributed by atoms with Crippen molar-refractivity contribution in [1.29, 1.82) is 0 Å². The van der Waals surface area contributed by atoms with Gasteiger partial charge in [-0.1, -0.05) is 0 Å². The monoisotopic (exact) mass is 173 g/mol. The number of nitrogens with one attached hydrogen (secondary N) is 1. The molecule has 0 aromatic carbocycles. The van der Waals surface area contributed by atoms with E-state index in [1.807, 2.05) is 0 Å². The van der Waals surface area contributed by atoms with E-state index in [-0.39, 0.29) is 6.04 Å². The van der Waals surface area contributed by atoms with Crippen LogP contribution in [0.15, 0.2) is 0 Å². The number of aliphatic carboxylic acids is 1. The third-order valence-electron chi connectivity index (χ3n) is 2.16. The lowest BCUT2D eigenvalue weighted by Crippen LogP contribution is -2.37. The summed E-state index contributed by atoms with van der Waals surface area (Å²) in [7, 11) is 0. The second-order valence-corrected chi connectivity index (χ2v) is 4.32. The Hall–Kier alpha value is -0.220. The molecule has 2 aliphatic rings. The van der Waals surface area contributed by atoms with E-state index >= 15 is 0 Å². The molecule has 2 fully saturated rings. The Labute approximate surface area is 69.5 Å². The maximum absolute atomic E-state index is 10.5. The van der Waals surface area contributed by atoms with E-state index in [4.69, 9.17) is 5.11 Å². The fraction of sp³-hybridized carbons (Fsp3) is 0.857. The number of carboxylic acid groups (broad SMARTS) is 1. The maximum Gasteiger partial charge on any atom is 0.321 e. The first-order valence-corrected chi connectivity index (χ1v) is 4.92. The molecule has 0 spiro atoms. The molecule has 11 heavy (non-hydrogen) atoms. The summed E-state index contributed by atoms with van der Waals surface area (Å²) in [4.78, 5) is 10.5. The predicted octanol–water partition coefficient (Wildman–Crippen LogP) is 0.512. The fourth-order valence-corrected chi connectivity index (χ4v) is 2.75. The molecular formula is C7H11NO2S. The van der Waals surface area contributed by atoms with Crippen molar-refractivity contribution in [3.63, 3.8) is 0 Å². The van der Waals surface area contributed by atoms with Gasteiger partial charge < -0.3 is 5.11 Å². The van der Waals surface area contributed by atoms with Gasteiger partial charge in [0.15, 0.2) is 0 Å². The Morgan fingerprint density at radius 2 is 2.27 bits per heavy atom. The quantitative estimate of drug-likeness (QED) is 0.639. The molecular weight excluding hydrogens is 162 g/mol. The van der Waals surface area contributed by atoms with Crippen LogP contribution in [0, 0.1) is 5.92 Å². The van der Waals surface area contributed by atoms with Gasteiger partial charge in [0.25, 0.3) is 0 Å². The van der Waals surface area contributed by atoms with Gasteiger partial charge in [-0.25, -0.2) is 0 Å². The summed E-state index contributed by atoms with van der Waals surface area (Å²) in [6, 6.07) is -0.300. The van der Waals surface area contributed by atoms with Crippen molar-refractivity contribution in [1.82, 2.24) is 5.32 Å². The Bertz CT molecular complexity index is 181. The van der Waals surface area contributed by atoms with Gasteiger partial charge in [-0.2, -0.15) is 0 Å². The lowest BCUT2D eigenvalue weighted by atomic mass is 10.3. The first-order valence-electron chi connectivity index (χ1n) is 3.88. The third kappa shape index (κ3) is 1.51. The smallest absolute Gasteiger partial charge is 0.321 e. The zero-order chi connectivity index (χ0) is 7.84. The topological polar surface area (TPSA) is 49.3 Å². The van der Waals surface area contributed by atoms with Gasteiger partial charge in [0, 0.05) is 5.75 Å². The summed E-state index contributed by atoms with van der Waals surface area (Å²) in [6.07, 6.45) is 2.55. The van der Waals surface area contributed by atoms with Crippen LogP contribution in [-0.2, 0) is 4.79 Å². The zero-order valence-electron chi connectivity index (χ0n) is 6.12. The SMILES string of the molecule is O=C(O)[C@H]1CSC(C2CC2)N1. The molecule has 1 aliphatic carbocycles. The summed E-state index contributed by atoms with van der Waals surface area (Å²) < 4.78 is 0. The summed E-state index contributed by atoms with van der Waals surface area (Å²) in [5, 5.41) is 12.2. The molecule has 0 bridgehead atoms. The predicted molar refractivity (Wildman–Crippen MR) is 43.5 cm³/mol. The molecule has 0 radical (unpaired) electrons. The van der Waals surface area contributed by atoms with Crippen molar-refractivity contribution in [3.8, 4) is 0 Å². The van der Waals surface area contributed by atoms with Gasteiger partial charge in [0.1, 0.15) is 6.04 Å². The van der Waals surface area contributed by atoms with Crippen molar-refractivity contribution in [2.24, 2.45) is 5.92 Å². The first-order chi connectivity index (χ1) is 5.27. The molecule has 4 heteroatoms. The Morgan fingerprint density at radius 3 is 2.73 bits per heavy atom. The van der Waals surface area contributed by atoms with E-state index in [2.05, 4.69) is 5.32 Å². The van der Waals surface area contributed by atoms with Crippen LogP contribution in [-0.4, -0.2) is 28.2 Å². The minimum Gasteiger partial charge on any atom is -0.480 e. The normalized spacial score (nSPS) is 37.5. The molecule has 2 rings (SSSR count). The van der Waals surface area contributed by atoms with Gasteiger partial charge in [-0.15, -0.1) is 11.8 Å². The lowest BCUT2D eigenvalue weighted by molar-refractivity contribution is -0.138. The fourth-order valence-electron chi connectivity index (χ4n) is 1.31. The van der Waals surface area contributed by atoms with Crippen molar-refractivity contribution < 1.29 is 9.90 Å². The molecule has 1 saturated carbocycles. The molecule has 2 atom stereocenters. The third-order valence-corrected chi connectivity index (χ3v) is 3.56. The number of carbonyl (C=O) groups is 1. The molecule has 1 aliphatic heterocycles. The zero-order valence-corrected chi connectivity index (χ0v) is 6.93. The second kappa shape index (κ2) is 2.68. The van der Waals surface area contributed by atoms with Crippen LogP contribution < -0.4 is 5.32 Å². The average molecular weight is 173 g/mol. The van der Waals surface area contributed by atoms with Gasteiger partial charge in [0.2, 0.25) is 0 Å². The number of thioether (sulfide) groups is 1. The van der Waals surface area contributed by atoms with Crippen LogP contribution in [0.1, 0.15) is 12.8 Å². The van der Waals surface area contributed by atoms with Crippen molar-refractivity contribution in [3.05, 3.63) is 0 Å². The first kappa shape index (κ1) is 7.43. The van der Waals surface area contributed by atoms with Crippen molar-refractivity contribution in [2.75, 3.05) is 5.75 Å².